The monoisotopic (exact) mass is 418 g/mol. The molecule has 0 spiro atoms. The van der Waals surface area contributed by atoms with Gasteiger partial charge in [0.1, 0.15) is 11.7 Å². The van der Waals surface area contributed by atoms with E-state index in [2.05, 4.69) is 11.0 Å². The summed E-state index contributed by atoms with van der Waals surface area (Å²) in [5.41, 5.74) is 6.69. The molecular weight excluding hydrogens is 388 g/mol. The normalized spacial score (nSPS) is 11.7. The maximum absolute atomic E-state index is 10.9. The van der Waals surface area contributed by atoms with Gasteiger partial charge in [-0.15, -0.1) is 0 Å². The third-order valence-corrected chi connectivity index (χ3v) is 3.62. The van der Waals surface area contributed by atoms with Crippen LogP contribution in [0.3, 0.4) is 0 Å². The molecule has 0 bridgehead atoms. The summed E-state index contributed by atoms with van der Waals surface area (Å²) in [4.78, 5) is 31.4. The molecule has 0 fully saturated rings. The zero-order chi connectivity index (χ0) is 22.2. The molecule has 0 aromatic heterocycles. The van der Waals surface area contributed by atoms with E-state index in [9.17, 15) is 9.59 Å². The van der Waals surface area contributed by atoms with Gasteiger partial charge in [-0.2, -0.15) is 5.48 Å². The van der Waals surface area contributed by atoms with E-state index in [4.69, 9.17) is 19.9 Å². The summed E-state index contributed by atoms with van der Waals surface area (Å²) in [5.74, 6) is -1.96. The van der Waals surface area contributed by atoms with Gasteiger partial charge >= 0.3 is 11.9 Å². The van der Waals surface area contributed by atoms with Gasteiger partial charge in [-0.1, -0.05) is 60.7 Å². The van der Waals surface area contributed by atoms with Gasteiger partial charge in [0, 0.05) is 7.85 Å². The van der Waals surface area contributed by atoms with Gasteiger partial charge in [-0.25, -0.2) is 4.79 Å². The van der Waals surface area contributed by atoms with E-state index >= 15 is 0 Å². The van der Waals surface area contributed by atoms with E-state index in [1.807, 2.05) is 60.7 Å². The third kappa shape index (κ3) is 10.4. The summed E-state index contributed by atoms with van der Waals surface area (Å²) in [5, 5.41) is 17.8. The molecule has 0 heterocycles. The van der Waals surface area contributed by atoms with E-state index in [1.54, 1.807) is 13.8 Å². The van der Waals surface area contributed by atoms with Crippen molar-refractivity contribution in [3.8, 4) is 0 Å². The van der Waals surface area contributed by atoms with Crippen molar-refractivity contribution < 1.29 is 30.9 Å². The van der Waals surface area contributed by atoms with E-state index in [-0.39, 0.29) is 7.12 Å². The smallest absolute Gasteiger partial charge is 0.354 e. The highest BCUT2D eigenvalue weighted by Crippen LogP contribution is 2.05. The summed E-state index contributed by atoms with van der Waals surface area (Å²) in [6, 6.07) is 17.9. The Kier molecular flexibility index (Phi) is 12.2. The molecule has 0 saturated carbocycles. The van der Waals surface area contributed by atoms with Gasteiger partial charge in [0.2, 0.25) is 0 Å². The van der Waals surface area contributed by atoms with Crippen molar-refractivity contribution >= 4 is 18.0 Å². The Morgan fingerprint density at radius 2 is 1.53 bits per heavy atom. The van der Waals surface area contributed by atoms with Crippen molar-refractivity contribution in [1.82, 2.24) is 11.0 Å². The van der Waals surface area contributed by atoms with E-state index in [0.29, 0.717) is 19.6 Å². The Balaban J connectivity index is 0.000000562. The maximum atomic E-state index is 10.9. The van der Waals surface area contributed by atoms with Crippen molar-refractivity contribution in [2.75, 3.05) is 13.2 Å². The summed E-state index contributed by atoms with van der Waals surface area (Å²) in [6.45, 7) is 4.42. The molecule has 164 valence electrons. The van der Waals surface area contributed by atoms with Crippen molar-refractivity contribution in [2.45, 2.75) is 26.3 Å². The Morgan fingerprint density at radius 1 is 0.967 bits per heavy atom. The number of hydrogen-bond acceptors (Lipinski definition) is 6. The quantitative estimate of drug-likeness (QED) is 0.325. The number of hydroxylamine groups is 2. The molecule has 2 rings (SSSR count). The topological polar surface area (TPSA) is 117 Å². The minimum Gasteiger partial charge on any atom is -0.480 e. The fourth-order valence-corrected chi connectivity index (χ4v) is 2.21. The Morgan fingerprint density at radius 3 is 2.03 bits per heavy atom. The SMILES string of the molecule is CCON/C(=C\c1ccccc1)C(=O)O.CCONC(Cc1ccccc1)C(=O)O.[HH]. The van der Waals surface area contributed by atoms with Gasteiger partial charge in [-0.05, 0) is 31.1 Å². The molecule has 2 aromatic rings. The van der Waals surface area contributed by atoms with Gasteiger partial charge in [0.15, 0.2) is 0 Å². The molecule has 1 unspecified atom stereocenters. The standard InChI is InChI=1S/C11H15NO3.C11H13NO3.H2/c2*1-2-15-12-10(11(13)14)8-9-6-4-3-5-7-9;/h3-7,10,12H,2,8H2,1H3,(H,13,14);3-8,12H,2H2,1H3,(H,13,14);1H/b;10-8-;. The summed E-state index contributed by atoms with van der Waals surface area (Å²) in [6.07, 6.45) is 1.92. The lowest BCUT2D eigenvalue weighted by Gasteiger charge is -2.13. The number of carboxylic acids is 2. The number of carbonyl (C=O) groups is 2. The van der Waals surface area contributed by atoms with Crippen LogP contribution in [0.1, 0.15) is 26.4 Å². The fraction of sp³-hybridized carbons (Fsp3) is 0.273. The zero-order valence-electron chi connectivity index (χ0n) is 17.1. The average molecular weight is 418 g/mol. The lowest BCUT2D eigenvalue weighted by molar-refractivity contribution is -0.144. The second-order valence-corrected chi connectivity index (χ2v) is 5.94. The molecule has 0 aliphatic heterocycles. The molecule has 4 N–H and O–H groups in total. The van der Waals surface area contributed by atoms with Crippen LogP contribution in [-0.4, -0.2) is 41.4 Å². The molecule has 0 amide bonds. The van der Waals surface area contributed by atoms with Crippen molar-refractivity contribution in [2.24, 2.45) is 0 Å². The molecule has 30 heavy (non-hydrogen) atoms. The highest BCUT2D eigenvalue weighted by Gasteiger charge is 2.17. The molecular formula is C22H30N2O6. The summed E-state index contributed by atoms with van der Waals surface area (Å²) < 4.78 is 0. The molecule has 1 atom stereocenters. The third-order valence-electron chi connectivity index (χ3n) is 3.62. The second kappa shape index (κ2) is 14.7. The molecule has 2 aromatic carbocycles. The number of hydrogen-bond donors (Lipinski definition) is 4. The number of benzene rings is 2. The Hall–Kier alpha value is -3.20. The van der Waals surface area contributed by atoms with Crippen molar-refractivity contribution in [3.63, 3.8) is 0 Å². The van der Waals surface area contributed by atoms with Crippen LogP contribution in [0.2, 0.25) is 0 Å². The van der Waals surface area contributed by atoms with Crippen LogP contribution in [0.5, 0.6) is 0 Å². The largest absolute Gasteiger partial charge is 0.480 e. The van der Waals surface area contributed by atoms with Gasteiger partial charge in [-0.3, -0.25) is 15.1 Å². The molecule has 0 aliphatic carbocycles. The number of rotatable bonds is 11. The Labute approximate surface area is 177 Å². The van der Waals surface area contributed by atoms with Crippen LogP contribution < -0.4 is 11.0 Å². The number of aliphatic carboxylic acids is 2. The van der Waals surface area contributed by atoms with E-state index in [0.717, 1.165) is 11.1 Å². The minimum absolute atomic E-state index is 0. The Bertz CT molecular complexity index is 787. The van der Waals surface area contributed by atoms with Crippen LogP contribution in [0.15, 0.2) is 66.4 Å². The van der Waals surface area contributed by atoms with Crippen LogP contribution in [-0.2, 0) is 25.7 Å². The van der Waals surface area contributed by atoms with Crippen LogP contribution >= 0.6 is 0 Å². The molecule has 8 nitrogen and oxygen atoms in total. The molecule has 0 radical (unpaired) electrons. The first-order valence-electron chi connectivity index (χ1n) is 9.49. The van der Waals surface area contributed by atoms with Crippen LogP contribution in [0, 0.1) is 0 Å². The van der Waals surface area contributed by atoms with Crippen molar-refractivity contribution in [3.05, 3.63) is 77.5 Å². The predicted octanol–water partition coefficient (Wildman–Crippen LogP) is 3.12. The maximum Gasteiger partial charge on any atom is 0.354 e. The number of nitrogens with one attached hydrogen (secondary N) is 2. The van der Waals surface area contributed by atoms with Gasteiger partial charge in [0.25, 0.3) is 0 Å². The molecule has 8 heteroatoms. The average Bonchev–Trinajstić information content (AvgIpc) is 2.75. The van der Waals surface area contributed by atoms with E-state index in [1.165, 1.54) is 6.08 Å². The minimum atomic E-state index is -1.05. The molecule has 0 saturated heterocycles. The fourth-order valence-electron chi connectivity index (χ4n) is 2.21. The van der Waals surface area contributed by atoms with Gasteiger partial charge < -0.3 is 15.1 Å². The van der Waals surface area contributed by atoms with Crippen molar-refractivity contribution in [1.29, 1.82) is 0 Å². The summed E-state index contributed by atoms with van der Waals surface area (Å²) in [7, 11) is 0. The van der Waals surface area contributed by atoms with Crippen LogP contribution in [0.4, 0.5) is 0 Å². The lowest BCUT2D eigenvalue weighted by atomic mass is 10.1. The first-order valence-corrected chi connectivity index (χ1v) is 9.49. The second-order valence-electron chi connectivity index (χ2n) is 5.94. The summed E-state index contributed by atoms with van der Waals surface area (Å²) >= 11 is 0. The van der Waals surface area contributed by atoms with Gasteiger partial charge in [0.05, 0.1) is 13.2 Å². The predicted molar refractivity (Wildman–Crippen MR) is 115 cm³/mol. The number of carboxylic acid groups (broad SMARTS) is 2. The molecule has 0 aliphatic rings. The van der Waals surface area contributed by atoms with E-state index < -0.39 is 18.0 Å². The van der Waals surface area contributed by atoms with Crippen LogP contribution in [0.25, 0.3) is 6.08 Å². The highest BCUT2D eigenvalue weighted by molar-refractivity contribution is 5.91. The lowest BCUT2D eigenvalue weighted by Crippen LogP contribution is -2.38. The zero-order valence-corrected chi connectivity index (χ0v) is 17.1. The first kappa shape index (κ1) is 24.8. The first-order chi connectivity index (χ1) is 14.5. The highest BCUT2D eigenvalue weighted by atomic mass is 16.6.